The molecule has 2 unspecified atom stereocenters. The molecule has 0 aromatic rings. The van der Waals surface area contributed by atoms with E-state index >= 15 is 4.39 Å². The highest BCUT2D eigenvalue weighted by molar-refractivity contribution is 5.94. The maximum absolute atomic E-state index is 16.2. The standard InChI is InChI=1S/C20H23FO10/c1-5-12(24)28-11-8(22)18-10-6(21)7(16(2,3)4)17(18)9(23)13(25)30-15(17)31-20(18,14(26)29-10)19(5,11)27/h5-11,15,22-23,27H,1-4H3/t5-,6-,7+,8-,9+,10-,11+,15+,17?,18?,19-,20-/m1/s1/i21-1. The second-order valence-electron chi connectivity index (χ2n) is 10.7. The summed E-state index contributed by atoms with van der Waals surface area (Å²) in [4.78, 5) is 38.2. The molecule has 0 radical (unpaired) electrons. The largest absolute Gasteiger partial charge is 0.456 e. The van der Waals surface area contributed by atoms with E-state index in [-0.39, 0.29) is 0 Å². The lowest BCUT2D eigenvalue weighted by atomic mass is 9.51. The van der Waals surface area contributed by atoms with Crippen molar-refractivity contribution in [1.29, 1.82) is 0 Å². The molecule has 10 nitrogen and oxygen atoms in total. The summed E-state index contributed by atoms with van der Waals surface area (Å²) in [5.41, 5.74) is -9.91. The van der Waals surface area contributed by atoms with Crippen molar-refractivity contribution in [2.75, 3.05) is 0 Å². The number of fused-ring (bicyclic) bond motifs is 1. The van der Waals surface area contributed by atoms with E-state index in [1.165, 1.54) is 6.92 Å². The number of esters is 3. The number of aliphatic hydroxyl groups excluding tert-OH is 2. The lowest BCUT2D eigenvalue weighted by Crippen LogP contribution is -2.67. The first-order valence-corrected chi connectivity index (χ1v) is 10.3. The topological polar surface area (TPSA) is 149 Å². The zero-order valence-electron chi connectivity index (χ0n) is 17.2. The summed E-state index contributed by atoms with van der Waals surface area (Å²) in [6, 6.07) is 0. The van der Waals surface area contributed by atoms with Crippen LogP contribution in [0.4, 0.5) is 4.39 Å². The second-order valence-corrected chi connectivity index (χ2v) is 10.7. The van der Waals surface area contributed by atoms with Gasteiger partial charge >= 0.3 is 17.9 Å². The van der Waals surface area contributed by atoms with Crippen LogP contribution in [-0.4, -0.2) is 81.3 Å². The number of hydrogen-bond donors (Lipinski definition) is 3. The van der Waals surface area contributed by atoms with Gasteiger partial charge in [-0.3, -0.25) is 4.79 Å². The van der Waals surface area contributed by atoms with Gasteiger partial charge in [0.2, 0.25) is 11.9 Å². The number of rotatable bonds is 0. The monoisotopic (exact) mass is 441 g/mol. The average Bonchev–Trinajstić information content (AvgIpc) is 3.35. The molecule has 11 heteroatoms. The first kappa shape index (κ1) is 19.8. The predicted molar refractivity (Wildman–Crippen MR) is 92.3 cm³/mol. The quantitative estimate of drug-likeness (QED) is 0.302. The molecular weight excluding hydrogens is 418 g/mol. The molecule has 0 aromatic carbocycles. The molecule has 12 atom stereocenters. The third-order valence-electron chi connectivity index (χ3n) is 8.91. The Kier molecular flexibility index (Phi) is 3.14. The first-order chi connectivity index (χ1) is 14.3. The van der Waals surface area contributed by atoms with Crippen LogP contribution in [0.25, 0.3) is 0 Å². The number of aliphatic hydroxyl groups is 3. The van der Waals surface area contributed by atoms with E-state index in [0.29, 0.717) is 0 Å². The van der Waals surface area contributed by atoms with Crippen LogP contribution in [-0.2, 0) is 33.3 Å². The molecule has 6 aliphatic rings. The van der Waals surface area contributed by atoms with Crippen molar-refractivity contribution in [2.45, 2.75) is 75.8 Å². The van der Waals surface area contributed by atoms with Crippen LogP contribution in [0.3, 0.4) is 0 Å². The van der Waals surface area contributed by atoms with Crippen molar-refractivity contribution in [2.24, 2.45) is 28.1 Å². The van der Waals surface area contributed by atoms with Gasteiger partial charge in [0.1, 0.15) is 18.4 Å². The molecule has 3 N–H and O–H groups in total. The molecule has 2 spiro atoms. The molecule has 2 aliphatic carbocycles. The molecule has 4 aliphatic heterocycles. The molecule has 4 saturated heterocycles. The van der Waals surface area contributed by atoms with Crippen LogP contribution in [0.1, 0.15) is 27.7 Å². The Labute approximate surface area is 175 Å². The summed E-state index contributed by atoms with van der Waals surface area (Å²) >= 11 is 0. The van der Waals surface area contributed by atoms with Crippen LogP contribution in [0.5, 0.6) is 0 Å². The molecule has 31 heavy (non-hydrogen) atoms. The van der Waals surface area contributed by atoms with Crippen LogP contribution in [0, 0.1) is 28.1 Å². The molecule has 4 heterocycles. The van der Waals surface area contributed by atoms with Crippen LogP contribution < -0.4 is 0 Å². The van der Waals surface area contributed by atoms with Crippen LogP contribution in [0.2, 0.25) is 0 Å². The minimum Gasteiger partial charge on any atom is -0.456 e. The Bertz CT molecular complexity index is 962. The van der Waals surface area contributed by atoms with Crippen molar-refractivity contribution < 1.29 is 53.0 Å². The Morgan fingerprint density at radius 2 is 1.65 bits per heavy atom. The number of alkyl halides is 1. The fraction of sp³-hybridized carbons (Fsp3) is 0.850. The van der Waals surface area contributed by atoms with Crippen molar-refractivity contribution >= 4 is 17.9 Å². The van der Waals surface area contributed by atoms with Gasteiger partial charge in [-0.05, 0) is 12.3 Å². The summed E-state index contributed by atoms with van der Waals surface area (Å²) in [5.74, 6) is -5.65. The van der Waals surface area contributed by atoms with Gasteiger partial charge in [-0.15, -0.1) is 0 Å². The molecule has 0 bridgehead atoms. The molecule has 6 fully saturated rings. The smallest absolute Gasteiger partial charge is 0.343 e. The number of carbonyl (C=O) groups excluding carboxylic acids is 3. The highest BCUT2D eigenvalue weighted by atomic mass is 18.2. The second kappa shape index (κ2) is 4.90. The van der Waals surface area contributed by atoms with E-state index in [0.717, 1.165) is 0 Å². The van der Waals surface area contributed by atoms with Gasteiger partial charge in [0, 0.05) is 5.92 Å². The zero-order valence-corrected chi connectivity index (χ0v) is 17.2. The van der Waals surface area contributed by atoms with Gasteiger partial charge in [-0.25, -0.2) is 14.0 Å². The lowest BCUT2D eigenvalue weighted by Gasteiger charge is -2.47. The molecular formula is C20H23FO10. The summed E-state index contributed by atoms with van der Waals surface area (Å²) in [5, 5.41) is 34.5. The molecule has 0 aromatic heterocycles. The molecule has 2 saturated carbocycles. The summed E-state index contributed by atoms with van der Waals surface area (Å²) < 4.78 is 38.1. The Morgan fingerprint density at radius 1 is 1.00 bits per heavy atom. The minimum atomic E-state index is -2.48. The van der Waals surface area contributed by atoms with Gasteiger partial charge < -0.3 is 34.3 Å². The number of carbonyl (C=O) groups is 3. The SMILES string of the molecule is C[C@@H]1C(=O)O[C@H]2[C@@H](O)C34[C@@H]5OC(=O)[C@]3(O[C@@H]3OC(=O)[C@H](O)C34[C@H](C(C)(C)C)[C@H]5[18F])[C@@]12O. The van der Waals surface area contributed by atoms with Gasteiger partial charge in [-0.2, -0.15) is 0 Å². The van der Waals surface area contributed by atoms with Crippen molar-refractivity contribution in [3.05, 3.63) is 0 Å². The van der Waals surface area contributed by atoms with Crippen molar-refractivity contribution in [3.63, 3.8) is 0 Å². The fourth-order valence-corrected chi connectivity index (χ4v) is 8.19. The first-order valence-electron chi connectivity index (χ1n) is 10.3. The summed E-state index contributed by atoms with van der Waals surface area (Å²) in [6.07, 6.45) is -10.7. The van der Waals surface area contributed by atoms with Gasteiger partial charge in [0.25, 0.3) is 0 Å². The Morgan fingerprint density at radius 3 is 2.26 bits per heavy atom. The normalized spacial score (nSPS) is 61.0. The number of ether oxygens (including phenoxy) is 4. The third-order valence-corrected chi connectivity index (χ3v) is 8.91. The number of hydrogen-bond acceptors (Lipinski definition) is 10. The van der Waals surface area contributed by atoms with Gasteiger partial charge in [-0.1, -0.05) is 20.8 Å². The third kappa shape index (κ3) is 1.43. The Balaban J connectivity index is 1.75. The summed E-state index contributed by atoms with van der Waals surface area (Å²) in [7, 11) is 0. The van der Waals surface area contributed by atoms with E-state index in [1.807, 2.05) is 0 Å². The van der Waals surface area contributed by atoms with Crippen molar-refractivity contribution in [1.82, 2.24) is 0 Å². The number of halogens is 1. The van der Waals surface area contributed by atoms with E-state index in [9.17, 15) is 29.7 Å². The Hall–Kier alpha value is -1.82. The zero-order chi connectivity index (χ0) is 22.7. The highest BCUT2D eigenvalue weighted by Crippen LogP contribution is 2.84. The van der Waals surface area contributed by atoms with E-state index < -0.39 is 94.1 Å². The van der Waals surface area contributed by atoms with Crippen LogP contribution in [0.15, 0.2) is 0 Å². The summed E-state index contributed by atoms with van der Waals surface area (Å²) in [6.45, 7) is 6.36. The average molecular weight is 441 g/mol. The van der Waals surface area contributed by atoms with Gasteiger partial charge in [0.15, 0.2) is 17.8 Å². The van der Waals surface area contributed by atoms with E-state index in [1.54, 1.807) is 20.8 Å². The molecule has 6 rings (SSSR count). The maximum Gasteiger partial charge on any atom is 0.343 e. The predicted octanol–water partition coefficient (Wildman–Crippen LogP) is -1.42. The molecule has 0 amide bonds. The van der Waals surface area contributed by atoms with Crippen molar-refractivity contribution in [3.8, 4) is 0 Å². The van der Waals surface area contributed by atoms with Gasteiger partial charge in [0.05, 0.1) is 16.7 Å². The molecule has 170 valence electrons. The van der Waals surface area contributed by atoms with Crippen LogP contribution >= 0.6 is 0 Å². The highest BCUT2D eigenvalue weighted by Gasteiger charge is 3.05. The lowest BCUT2D eigenvalue weighted by molar-refractivity contribution is -0.240. The van der Waals surface area contributed by atoms with E-state index in [2.05, 4.69) is 0 Å². The maximum atomic E-state index is 16.2. The van der Waals surface area contributed by atoms with E-state index in [4.69, 9.17) is 18.9 Å². The minimum absolute atomic E-state index is 0.874. The fourth-order valence-electron chi connectivity index (χ4n) is 8.19.